The average molecular weight is 366 g/mol. The Morgan fingerprint density at radius 1 is 1.16 bits per heavy atom. The minimum absolute atomic E-state index is 0.0265. The van der Waals surface area contributed by atoms with Gasteiger partial charge in [-0.3, -0.25) is 10.1 Å². The molecule has 0 atom stereocenters. The van der Waals surface area contributed by atoms with Crippen molar-refractivity contribution in [3.8, 4) is 0 Å². The van der Waals surface area contributed by atoms with Crippen LogP contribution in [0.1, 0.15) is 43.5 Å². The quantitative estimate of drug-likeness (QED) is 0.889. The van der Waals surface area contributed by atoms with E-state index in [1.54, 1.807) is 23.9 Å². The minimum Gasteiger partial charge on any atom is -0.349 e. The molecule has 1 saturated carbocycles. The van der Waals surface area contributed by atoms with Crippen LogP contribution in [0.4, 0.5) is 9.93 Å². The van der Waals surface area contributed by atoms with Gasteiger partial charge in [0.25, 0.3) is 0 Å². The molecule has 25 heavy (non-hydrogen) atoms. The highest BCUT2D eigenvalue weighted by atomic mass is 32.1. The molecule has 138 valence electrons. The highest BCUT2D eigenvalue weighted by Crippen LogP contribution is 2.29. The molecule has 0 unspecified atom stereocenters. The molecule has 3 rings (SSSR count). The van der Waals surface area contributed by atoms with E-state index in [0.717, 1.165) is 17.3 Å². The van der Waals surface area contributed by atoms with Gasteiger partial charge < -0.3 is 9.80 Å². The first-order valence-corrected chi connectivity index (χ1v) is 9.94. The first-order chi connectivity index (χ1) is 12.0. The lowest BCUT2D eigenvalue weighted by Crippen LogP contribution is -2.44. The zero-order valence-corrected chi connectivity index (χ0v) is 15.8. The maximum atomic E-state index is 12.4. The van der Waals surface area contributed by atoms with Gasteiger partial charge in [-0.15, -0.1) is 10.2 Å². The smallest absolute Gasteiger partial charge is 0.323 e. The molecule has 0 bridgehead atoms. The van der Waals surface area contributed by atoms with E-state index in [9.17, 15) is 9.59 Å². The van der Waals surface area contributed by atoms with Crippen LogP contribution in [0.2, 0.25) is 0 Å². The normalized spacial score (nSPS) is 19.2. The summed E-state index contributed by atoms with van der Waals surface area (Å²) in [4.78, 5) is 27.8. The molecule has 1 saturated heterocycles. The number of hydrogen-bond acceptors (Lipinski definition) is 5. The van der Waals surface area contributed by atoms with Gasteiger partial charge in [-0.05, 0) is 18.8 Å². The van der Waals surface area contributed by atoms with Crippen LogP contribution in [-0.4, -0.2) is 59.1 Å². The molecule has 2 aliphatic rings. The Morgan fingerprint density at radius 3 is 2.48 bits per heavy atom. The zero-order chi connectivity index (χ0) is 17.8. The highest BCUT2D eigenvalue weighted by molar-refractivity contribution is 7.15. The first kappa shape index (κ1) is 18.1. The molecule has 8 heteroatoms. The van der Waals surface area contributed by atoms with Crippen molar-refractivity contribution in [1.82, 2.24) is 20.0 Å². The fraction of sp³-hybridized carbons (Fsp3) is 0.765. The van der Waals surface area contributed by atoms with Crippen LogP contribution in [-0.2, 0) is 11.2 Å². The van der Waals surface area contributed by atoms with Crippen molar-refractivity contribution in [2.45, 2.75) is 44.9 Å². The predicted molar refractivity (Wildman–Crippen MR) is 97.6 cm³/mol. The number of hydrogen-bond donors (Lipinski definition) is 1. The fourth-order valence-electron chi connectivity index (χ4n) is 3.71. The van der Waals surface area contributed by atoms with Crippen molar-refractivity contribution in [2.75, 3.05) is 32.5 Å². The van der Waals surface area contributed by atoms with Crippen LogP contribution in [0.25, 0.3) is 0 Å². The lowest BCUT2D eigenvalue weighted by atomic mass is 9.96. The van der Waals surface area contributed by atoms with Gasteiger partial charge in [-0.25, -0.2) is 4.79 Å². The third-order valence-corrected chi connectivity index (χ3v) is 6.05. The standard InChI is InChI=1S/C17H27N5O2S/c1-21(2)15(23)13-7-9-22(10-8-13)17(24)18-16-20-19-14(25-16)11-12-5-3-4-6-12/h12-13H,3-11H2,1-2H3,(H,18,20,24). The van der Waals surface area contributed by atoms with Crippen molar-refractivity contribution in [3.05, 3.63) is 5.01 Å². The number of piperidine rings is 1. The number of nitrogens with zero attached hydrogens (tertiary/aromatic N) is 4. The van der Waals surface area contributed by atoms with E-state index in [1.807, 2.05) is 0 Å². The van der Waals surface area contributed by atoms with E-state index in [2.05, 4.69) is 15.5 Å². The number of aromatic nitrogens is 2. The van der Waals surface area contributed by atoms with Crippen molar-refractivity contribution >= 4 is 28.4 Å². The molecule has 7 nitrogen and oxygen atoms in total. The molecular weight excluding hydrogens is 338 g/mol. The first-order valence-electron chi connectivity index (χ1n) is 9.12. The summed E-state index contributed by atoms with van der Waals surface area (Å²) in [6.07, 6.45) is 7.61. The van der Waals surface area contributed by atoms with E-state index in [-0.39, 0.29) is 17.9 Å². The lowest BCUT2D eigenvalue weighted by molar-refractivity contribution is -0.134. The lowest BCUT2D eigenvalue weighted by Gasteiger charge is -2.32. The summed E-state index contributed by atoms with van der Waals surface area (Å²) in [6, 6.07) is -0.140. The maximum absolute atomic E-state index is 12.4. The Labute approximate surface area is 152 Å². The van der Waals surface area contributed by atoms with Crippen molar-refractivity contribution in [3.63, 3.8) is 0 Å². The number of carbonyl (C=O) groups excluding carboxylic acids is 2. The van der Waals surface area contributed by atoms with Gasteiger partial charge >= 0.3 is 6.03 Å². The Hall–Kier alpha value is -1.70. The molecule has 1 aliphatic carbocycles. The molecule has 0 radical (unpaired) electrons. The Bertz CT molecular complexity index is 604. The number of likely N-dealkylation sites (tertiary alicyclic amines) is 1. The number of carbonyl (C=O) groups is 2. The van der Waals surface area contributed by atoms with Gasteiger partial charge in [0.2, 0.25) is 11.0 Å². The summed E-state index contributed by atoms with van der Waals surface area (Å²) in [5, 5.41) is 12.8. The molecular formula is C17H27N5O2S. The predicted octanol–water partition coefficient (Wildman–Crippen LogP) is 2.60. The van der Waals surface area contributed by atoms with Crippen molar-refractivity contribution in [1.29, 1.82) is 0 Å². The fourth-order valence-corrected chi connectivity index (χ4v) is 4.56. The second-order valence-electron chi connectivity index (χ2n) is 7.28. The van der Waals surface area contributed by atoms with Crippen LogP contribution < -0.4 is 5.32 Å². The SMILES string of the molecule is CN(C)C(=O)C1CCN(C(=O)Nc2nnc(CC3CCCC3)s2)CC1. The number of anilines is 1. The molecule has 0 aromatic carbocycles. The van der Waals surface area contributed by atoms with Crippen LogP contribution in [0.5, 0.6) is 0 Å². The van der Waals surface area contributed by atoms with Crippen LogP contribution in [0.15, 0.2) is 0 Å². The largest absolute Gasteiger partial charge is 0.349 e. The van der Waals surface area contributed by atoms with Crippen molar-refractivity contribution in [2.24, 2.45) is 11.8 Å². The Balaban J connectivity index is 1.46. The molecule has 2 heterocycles. The number of amides is 3. The number of urea groups is 1. The second kappa shape index (κ2) is 8.12. The van der Waals surface area contributed by atoms with E-state index in [0.29, 0.717) is 31.1 Å². The summed E-state index contributed by atoms with van der Waals surface area (Å²) in [7, 11) is 3.56. The van der Waals surface area contributed by atoms with Gasteiger partial charge in [0.15, 0.2) is 0 Å². The van der Waals surface area contributed by atoms with Gasteiger partial charge in [0, 0.05) is 39.5 Å². The highest BCUT2D eigenvalue weighted by Gasteiger charge is 2.28. The van der Waals surface area contributed by atoms with E-state index in [1.165, 1.54) is 37.0 Å². The summed E-state index contributed by atoms with van der Waals surface area (Å²) in [5.41, 5.74) is 0. The number of nitrogens with one attached hydrogen (secondary N) is 1. The van der Waals surface area contributed by atoms with E-state index in [4.69, 9.17) is 0 Å². The average Bonchev–Trinajstić information content (AvgIpc) is 3.27. The second-order valence-corrected chi connectivity index (χ2v) is 8.34. The Kier molecular flexibility index (Phi) is 5.88. The third kappa shape index (κ3) is 4.68. The third-order valence-electron chi connectivity index (χ3n) is 5.19. The van der Waals surface area contributed by atoms with Gasteiger partial charge in [-0.1, -0.05) is 37.0 Å². The number of rotatable bonds is 4. The monoisotopic (exact) mass is 365 g/mol. The topological polar surface area (TPSA) is 78.4 Å². The molecule has 1 aliphatic heterocycles. The summed E-state index contributed by atoms with van der Waals surface area (Å²) >= 11 is 1.48. The summed E-state index contributed by atoms with van der Waals surface area (Å²) < 4.78 is 0. The molecule has 3 amide bonds. The molecule has 1 aromatic rings. The van der Waals surface area contributed by atoms with Crippen LogP contribution in [0.3, 0.4) is 0 Å². The van der Waals surface area contributed by atoms with Crippen molar-refractivity contribution < 1.29 is 9.59 Å². The van der Waals surface area contributed by atoms with Gasteiger partial charge in [-0.2, -0.15) is 0 Å². The van der Waals surface area contributed by atoms with Crippen LogP contribution in [0, 0.1) is 11.8 Å². The summed E-state index contributed by atoms with van der Waals surface area (Å²) in [6.45, 7) is 1.20. The van der Waals surface area contributed by atoms with E-state index < -0.39 is 0 Å². The summed E-state index contributed by atoms with van der Waals surface area (Å²) in [5.74, 6) is 0.907. The zero-order valence-electron chi connectivity index (χ0n) is 15.0. The van der Waals surface area contributed by atoms with Crippen LogP contribution >= 0.6 is 11.3 Å². The molecule has 1 N–H and O–H groups in total. The maximum Gasteiger partial charge on any atom is 0.323 e. The molecule has 2 fully saturated rings. The molecule has 1 aromatic heterocycles. The van der Waals surface area contributed by atoms with Gasteiger partial charge in [0.05, 0.1) is 0 Å². The molecule has 0 spiro atoms. The van der Waals surface area contributed by atoms with E-state index >= 15 is 0 Å². The minimum atomic E-state index is -0.140. The van der Waals surface area contributed by atoms with Gasteiger partial charge in [0.1, 0.15) is 5.01 Å². The Morgan fingerprint density at radius 2 is 1.84 bits per heavy atom.